The Labute approximate surface area is 123 Å². The molecule has 1 aliphatic rings. The van der Waals surface area contributed by atoms with Crippen LogP contribution in [0.5, 0.6) is 0 Å². The molecule has 0 unspecified atom stereocenters. The third-order valence-electron chi connectivity index (χ3n) is 3.98. The molecule has 0 saturated carbocycles. The van der Waals surface area contributed by atoms with Crippen molar-refractivity contribution >= 4 is 0 Å². The number of furan rings is 1. The van der Waals surface area contributed by atoms with Gasteiger partial charge in [0, 0.05) is 38.3 Å². The highest BCUT2D eigenvalue weighted by Gasteiger charge is 2.17. The maximum Gasteiger partial charge on any atom is 0.122 e. The van der Waals surface area contributed by atoms with Gasteiger partial charge in [-0.15, -0.1) is 0 Å². The van der Waals surface area contributed by atoms with Crippen molar-refractivity contribution in [2.24, 2.45) is 5.92 Å². The van der Waals surface area contributed by atoms with Gasteiger partial charge < -0.3 is 14.6 Å². The zero-order valence-corrected chi connectivity index (χ0v) is 13.2. The van der Waals surface area contributed by atoms with E-state index in [0.29, 0.717) is 5.92 Å². The smallest absolute Gasteiger partial charge is 0.122 e. The van der Waals surface area contributed by atoms with Crippen LogP contribution >= 0.6 is 0 Å². The van der Waals surface area contributed by atoms with E-state index in [-0.39, 0.29) is 0 Å². The van der Waals surface area contributed by atoms with Crippen molar-refractivity contribution in [1.29, 1.82) is 0 Å². The van der Waals surface area contributed by atoms with Gasteiger partial charge in [-0.2, -0.15) is 0 Å². The van der Waals surface area contributed by atoms with E-state index in [2.05, 4.69) is 42.0 Å². The summed E-state index contributed by atoms with van der Waals surface area (Å²) < 4.78 is 5.63. The van der Waals surface area contributed by atoms with Crippen molar-refractivity contribution in [3.05, 3.63) is 23.7 Å². The zero-order chi connectivity index (χ0) is 14.4. The molecule has 2 heterocycles. The summed E-state index contributed by atoms with van der Waals surface area (Å²) in [5.41, 5.74) is 1.34. The molecule has 1 aromatic rings. The van der Waals surface area contributed by atoms with Crippen LogP contribution in [-0.4, -0.2) is 49.1 Å². The van der Waals surface area contributed by atoms with Gasteiger partial charge in [-0.3, -0.25) is 4.90 Å². The Morgan fingerprint density at radius 3 is 2.55 bits per heavy atom. The average Bonchev–Trinajstić information content (AvgIpc) is 2.87. The highest BCUT2D eigenvalue weighted by atomic mass is 16.3. The molecule has 114 valence electrons. The van der Waals surface area contributed by atoms with Crippen LogP contribution < -0.4 is 5.32 Å². The second-order valence-electron chi connectivity index (χ2n) is 6.10. The lowest BCUT2D eigenvalue weighted by Gasteiger charge is -2.33. The van der Waals surface area contributed by atoms with Crippen LogP contribution in [0, 0.1) is 5.92 Å². The molecule has 0 atom stereocenters. The van der Waals surface area contributed by atoms with Crippen LogP contribution in [0.2, 0.25) is 0 Å². The first-order chi connectivity index (χ1) is 9.69. The fraction of sp³-hybridized carbons (Fsp3) is 0.750. The van der Waals surface area contributed by atoms with Gasteiger partial charge in [0.1, 0.15) is 5.76 Å². The summed E-state index contributed by atoms with van der Waals surface area (Å²) in [5, 5.41) is 3.46. The van der Waals surface area contributed by atoms with Crippen LogP contribution in [-0.2, 0) is 13.1 Å². The standard InChI is InChI=1S/C16H29N3O/c1-4-18-6-8-19(9-7-18)13-15-5-10-20-16(15)12-17-11-14(2)3/h5,10,14,17H,4,6-9,11-13H2,1-3H3. The SMILES string of the molecule is CCN1CCN(Cc2ccoc2CNCC(C)C)CC1. The van der Waals surface area contributed by atoms with E-state index in [1.54, 1.807) is 0 Å². The van der Waals surface area contributed by atoms with Gasteiger partial charge in [0.25, 0.3) is 0 Å². The fourth-order valence-electron chi connectivity index (χ4n) is 2.64. The molecular formula is C16H29N3O. The lowest BCUT2D eigenvalue weighted by atomic mass is 10.2. The number of nitrogens with zero attached hydrogens (tertiary/aromatic N) is 2. The molecule has 0 aliphatic carbocycles. The number of rotatable bonds is 7. The lowest BCUT2D eigenvalue weighted by molar-refractivity contribution is 0.131. The molecule has 0 amide bonds. The third-order valence-corrected chi connectivity index (χ3v) is 3.98. The Morgan fingerprint density at radius 1 is 1.20 bits per heavy atom. The lowest BCUT2D eigenvalue weighted by Crippen LogP contribution is -2.45. The minimum Gasteiger partial charge on any atom is -0.468 e. The summed E-state index contributed by atoms with van der Waals surface area (Å²) in [6, 6.07) is 2.12. The normalized spacial score (nSPS) is 18.0. The minimum absolute atomic E-state index is 0.676. The number of nitrogens with one attached hydrogen (secondary N) is 1. The van der Waals surface area contributed by atoms with Gasteiger partial charge in [-0.05, 0) is 25.1 Å². The molecule has 2 rings (SSSR count). The first-order valence-electron chi connectivity index (χ1n) is 7.89. The monoisotopic (exact) mass is 279 g/mol. The zero-order valence-electron chi connectivity index (χ0n) is 13.2. The number of likely N-dealkylation sites (N-methyl/N-ethyl adjacent to an activating group) is 1. The number of piperazine rings is 1. The van der Waals surface area contributed by atoms with E-state index in [9.17, 15) is 0 Å². The fourth-order valence-corrected chi connectivity index (χ4v) is 2.64. The van der Waals surface area contributed by atoms with Gasteiger partial charge in [-0.1, -0.05) is 20.8 Å². The Hall–Kier alpha value is -0.840. The highest BCUT2D eigenvalue weighted by molar-refractivity contribution is 5.17. The third kappa shape index (κ3) is 4.62. The molecule has 1 N–H and O–H groups in total. The highest BCUT2D eigenvalue weighted by Crippen LogP contribution is 2.15. The average molecular weight is 279 g/mol. The van der Waals surface area contributed by atoms with Crippen LogP contribution in [0.25, 0.3) is 0 Å². The molecule has 0 aromatic carbocycles. The second kappa shape index (κ2) is 7.81. The molecule has 4 heteroatoms. The van der Waals surface area contributed by atoms with E-state index in [1.165, 1.54) is 25.2 Å². The summed E-state index contributed by atoms with van der Waals surface area (Å²) in [6.45, 7) is 15.5. The number of hydrogen-bond donors (Lipinski definition) is 1. The molecule has 0 bridgehead atoms. The molecule has 1 fully saturated rings. The molecule has 20 heavy (non-hydrogen) atoms. The first kappa shape index (κ1) is 15.5. The topological polar surface area (TPSA) is 31.6 Å². The van der Waals surface area contributed by atoms with Crippen molar-refractivity contribution in [3.63, 3.8) is 0 Å². The molecule has 1 aromatic heterocycles. The molecule has 0 radical (unpaired) electrons. The van der Waals surface area contributed by atoms with E-state index in [4.69, 9.17) is 4.42 Å². The maximum atomic E-state index is 5.63. The first-order valence-corrected chi connectivity index (χ1v) is 7.89. The molecule has 1 aliphatic heterocycles. The Morgan fingerprint density at radius 2 is 1.90 bits per heavy atom. The summed E-state index contributed by atoms with van der Waals surface area (Å²) in [6.07, 6.45) is 1.82. The van der Waals surface area contributed by atoms with Crippen LogP contribution in [0.4, 0.5) is 0 Å². The molecule has 0 spiro atoms. The maximum absolute atomic E-state index is 5.63. The molecule has 4 nitrogen and oxygen atoms in total. The van der Waals surface area contributed by atoms with Gasteiger partial charge in [-0.25, -0.2) is 0 Å². The largest absolute Gasteiger partial charge is 0.468 e. The van der Waals surface area contributed by atoms with E-state index >= 15 is 0 Å². The van der Waals surface area contributed by atoms with E-state index < -0.39 is 0 Å². The predicted molar refractivity (Wildman–Crippen MR) is 82.6 cm³/mol. The molecule has 1 saturated heterocycles. The quantitative estimate of drug-likeness (QED) is 0.829. The van der Waals surface area contributed by atoms with Crippen molar-refractivity contribution in [2.75, 3.05) is 39.3 Å². The van der Waals surface area contributed by atoms with Crippen molar-refractivity contribution < 1.29 is 4.42 Å². The Bertz CT molecular complexity index is 381. The van der Waals surface area contributed by atoms with E-state index in [0.717, 1.165) is 38.5 Å². The van der Waals surface area contributed by atoms with Crippen LogP contribution in [0.3, 0.4) is 0 Å². The van der Waals surface area contributed by atoms with Gasteiger partial charge in [0.2, 0.25) is 0 Å². The molecular weight excluding hydrogens is 250 g/mol. The van der Waals surface area contributed by atoms with Crippen molar-refractivity contribution in [2.45, 2.75) is 33.9 Å². The summed E-state index contributed by atoms with van der Waals surface area (Å²) in [7, 11) is 0. The Kier molecular flexibility index (Phi) is 6.07. The van der Waals surface area contributed by atoms with Gasteiger partial charge in [0.05, 0.1) is 12.8 Å². The summed E-state index contributed by atoms with van der Waals surface area (Å²) in [5.74, 6) is 1.78. The van der Waals surface area contributed by atoms with Crippen molar-refractivity contribution in [1.82, 2.24) is 15.1 Å². The Balaban J connectivity index is 1.80. The van der Waals surface area contributed by atoms with Gasteiger partial charge in [0.15, 0.2) is 0 Å². The van der Waals surface area contributed by atoms with Crippen molar-refractivity contribution in [3.8, 4) is 0 Å². The minimum atomic E-state index is 0.676. The van der Waals surface area contributed by atoms with Crippen LogP contribution in [0.15, 0.2) is 16.7 Å². The predicted octanol–water partition coefficient (Wildman–Crippen LogP) is 2.16. The van der Waals surface area contributed by atoms with Crippen LogP contribution in [0.1, 0.15) is 32.1 Å². The van der Waals surface area contributed by atoms with E-state index in [1.807, 2.05) is 6.26 Å². The summed E-state index contributed by atoms with van der Waals surface area (Å²) in [4.78, 5) is 5.04. The number of hydrogen-bond acceptors (Lipinski definition) is 4. The second-order valence-corrected chi connectivity index (χ2v) is 6.10. The van der Waals surface area contributed by atoms with Gasteiger partial charge >= 0.3 is 0 Å². The summed E-state index contributed by atoms with van der Waals surface area (Å²) >= 11 is 0.